The predicted octanol–water partition coefficient (Wildman–Crippen LogP) is 4.57. The Bertz CT molecular complexity index is 1180. The van der Waals surface area contributed by atoms with Crippen molar-refractivity contribution in [3.63, 3.8) is 0 Å². The van der Waals surface area contributed by atoms with Gasteiger partial charge in [-0.3, -0.25) is 4.72 Å². The van der Waals surface area contributed by atoms with Gasteiger partial charge >= 0.3 is 0 Å². The number of halogens is 2. The van der Waals surface area contributed by atoms with Gasteiger partial charge in [-0.2, -0.15) is 0 Å². The SMILES string of the molecule is Cc1ccc(F)c(S(=O)(=O)Nc2ccc(Cl)c(-c3nnc4n3CCCCC4)c2)c1. The van der Waals surface area contributed by atoms with Crippen molar-refractivity contribution in [1.29, 1.82) is 0 Å². The van der Waals surface area contributed by atoms with Gasteiger partial charge in [0.1, 0.15) is 16.5 Å². The zero-order valence-electron chi connectivity index (χ0n) is 15.8. The van der Waals surface area contributed by atoms with Gasteiger partial charge in [0.2, 0.25) is 0 Å². The molecule has 9 heteroatoms. The first-order chi connectivity index (χ1) is 13.8. The van der Waals surface area contributed by atoms with Crippen LogP contribution in [0, 0.1) is 12.7 Å². The van der Waals surface area contributed by atoms with Gasteiger partial charge in [0, 0.05) is 24.2 Å². The Morgan fingerprint density at radius 1 is 1.10 bits per heavy atom. The number of nitrogens with zero attached hydrogens (tertiary/aromatic N) is 3. The maximum Gasteiger partial charge on any atom is 0.264 e. The molecular formula is C20H20ClFN4O2S. The molecule has 0 aliphatic carbocycles. The molecule has 0 spiro atoms. The number of anilines is 1. The smallest absolute Gasteiger partial charge is 0.264 e. The third kappa shape index (κ3) is 4.00. The number of hydrogen-bond donors (Lipinski definition) is 1. The van der Waals surface area contributed by atoms with Crippen LogP contribution in [-0.2, 0) is 23.0 Å². The van der Waals surface area contributed by atoms with Crippen LogP contribution in [-0.4, -0.2) is 23.2 Å². The summed E-state index contributed by atoms with van der Waals surface area (Å²) >= 11 is 6.39. The summed E-state index contributed by atoms with van der Waals surface area (Å²) in [6.07, 6.45) is 4.06. The number of benzene rings is 2. The first-order valence-electron chi connectivity index (χ1n) is 9.36. The molecule has 152 valence electrons. The Balaban J connectivity index is 1.71. The summed E-state index contributed by atoms with van der Waals surface area (Å²) in [6.45, 7) is 2.49. The molecule has 1 N–H and O–H groups in total. The van der Waals surface area contributed by atoms with Crippen LogP contribution in [0.3, 0.4) is 0 Å². The number of aryl methyl sites for hydroxylation is 2. The number of nitrogens with one attached hydrogen (secondary N) is 1. The van der Waals surface area contributed by atoms with E-state index < -0.39 is 20.7 Å². The Morgan fingerprint density at radius 2 is 1.93 bits per heavy atom. The van der Waals surface area contributed by atoms with Gasteiger partial charge in [0.05, 0.1) is 5.02 Å². The van der Waals surface area contributed by atoms with Crippen LogP contribution in [0.4, 0.5) is 10.1 Å². The molecule has 0 unspecified atom stereocenters. The Morgan fingerprint density at radius 3 is 2.76 bits per heavy atom. The van der Waals surface area contributed by atoms with E-state index in [1.807, 2.05) is 4.57 Å². The van der Waals surface area contributed by atoms with E-state index in [1.54, 1.807) is 19.1 Å². The van der Waals surface area contributed by atoms with E-state index in [1.165, 1.54) is 18.2 Å². The Hall–Kier alpha value is -2.45. The highest BCUT2D eigenvalue weighted by atomic mass is 35.5. The first kappa shape index (κ1) is 19.8. The summed E-state index contributed by atoms with van der Waals surface area (Å²) < 4.78 is 44.0. The minimum absolute atomic E-state index is 0.274. The number of hydrogen-bond acceptors (Lipinski definition) is 4. The van der Waals surface area contributed by atoms with Crippen molar-refractivity contribution >= 4 is 27.3 Å². The average molecular weight is 435 g/mol. The summed E-state index contributed by atoms with van der Waals surface area (Å²) in [6, 6.07) is 8.70. The zero-order chi connectivity index (χ0) is 20.6. The largest absolute Gasteiger partial charge is 0.311 e. The second-order valence-electron chi connectivity index (χ2n) is 7.14. The summed E-state index contributed by atoms with van der Waals surface area (Å²) in [5.41, 5.74) is 1.50. The maximum atomic E-state index is 14.1. The zero-order valence-corrected chi connectivity index (χ0v) is 17.4. The molecule has 0 bridgehead atoms. The average Bonchev–Trinajstić information content (AvgIpc) is 2.92. The van der Waals surface area contributed by atoms with E-state index >= 15 is 0 Å². The van der Waals surface area contributed by atoms with E-state index in [0.29, 0.717) is 22.0 Å². The first-order valence-corrected chi connectivity index (χ1v) is 11.2. The second-order valence-corrected chi connectivity index (χ2v) is 9.19. The lowest BCUT2D eigenvalue weighted by Gasteiger charge is -2.13. The molecule has 2 heterocycles. The molecule has 0 fully saturated rings. The fourth-order valence-corrected chi connectivity index (χ4v) is 4.89. The Kier molecular flexibility index (Phi) is 5.31. The van der Waals surface area contributed by atoms with E-state index in [4.69, 9.17) is 11.6 Å². The molecule has 0 atom stereocenters. The van der Waals surface area contributed by atoms with E-state index in [2.05, 4.69) is 14.9 Å². The summed E-state index contributed by atoms with van der Waals surface area (Å²) in [4.78, 5) is -0.398. The summed E-state index contributed by atoms with van der Waals surface area (Å²) in [7, 11) is -4.10. The van der Waals surface area contributed by atoms with Gasteiger partial charge in [-0.1, -0.05) is 24.1 Å². The maximum absolute atomic E-state index is 14.1. The molecule has 1 aromatic heterocycles. The predicted molar refractivity (Wildman–Crippen MR) is 110 cm³/mol. The summed E-state index contributed by atoms with van der Waals surface area (Å²) in [5.74, 6) is 0.705. The van der Waals surface area contributed by atoms with Crippen molar-refractivity contribution in [2.24, 2.45) is 0 Å². The molecule has 1 aliphatic rings. The van der Waals surface area contributed by atoms with Gasteiger partial charge < -0.3 is 4.57 Å². The van der Waals surface area contributed by atoms with E-state index in [-0.39, 0.29) is 5.69 Å². The van der Waals surface area contributed by atoms with Crippen molar-refractivity contribution in [3.05, 3.63) is 58.6 Å². The highest BCUT2D eigenvalue weighted by molar-refractivity contribution is 7.92. The lowest BCUT2D eigenvalue weighted by molar-refractivity contribution is 0.570. The van der Waals surface area contributed by atoms with Crippen LogP contribution in [0.2, 0.25) is 5.02 Å². The van der Waals surface area contributed by atoms with Crippen molar-refractivity contribution in [2.45, 2.75) is 44.0 Å². The minimum atomic E-state index is -4.10. The molecule has 4 rings (SSSR count). The fourth-order valence-electron chi connectivity index (χ4n) is 3.47. The van der Waals surface area contributed by atoms with Crippen molar-refractivity contribution in [2.75, 3.05) is 4.72 Å². The van der Waals surface area contributed by atoms with Gasteiger partial charge in [-0.05, 0) is 55.7 Å². The van der Waals surface area contributed by atoms with Gasteiger partial charge in [0.15, 0.2) is 5.82 Å². The van der Waals surface area contributed by atoms with Gasteiger partial charge in [-0.25, -0.2) is 12.8 Å². The number of sulfonamides is 1. The molecule has 0 radical (unpaired) electrons. The second kappa shape index (κ2) is 7.76. The fraction of sp³-hybridized carbons (Fsp3) is 0.300. The molecular weight excluding hydrogens is 415 g/mol. The quantitative estimate of drug-likeness (QED) is 0.652. The lowest BCUT2D eigenvalue weighted by Crippen LogP contribution is -2.15. The molecule has 3 aromatic rings. The van der Waals surface area contributed by atoms with Crippen LogP contribution in [0.1, 0.15) is 30.7 Å². The normalized spacial score (nSPS) is 14.3. The molecule has 6 nitrogen and oxygen atoms in total. The van der Waals surface area contributed by atoms with Crippen LogP contribution in [0.15, 0.2) is 41.3 Å². The highest BCUT2D eigenvalue weighted by Gasteiger charge is 2.22. The molecule has 1 aliphatic heterocycles. The third-order valence-electron chi connectivity index (χ3n) is 4.95. The molecule has 2 aromatic carbocycles. The van der Waals surface area contributed by atoms with Crippen molar-refractivity contribution < 1.29 is 12.8 Å². The van der Waals surface area contributed by atoms with Gasteiger partial charge in [0.25, 0.3) is 10.0 Å². The van der Waals surface area contributed by atoms with Gasteiger partial charge in [-0.15, -0.1) is 10.2 Å². The molecule has 0 saturated carbocycles. The van der Waals surface area contributed by atoms with Crippen molar-refractivity contribution in [3.8, 4) is 11.4 Å². The van der Waals surface area contributed by atoms with Crippen LogP contribution in [0.5, 0.6) is 0 Å². The molecule has 29 heavy (non-hydrogen) atoms. The standard InChI is InChI=1S/C20H20ClFN4O2S/c1-13-6-9-17(22)18(11-13)29(27,28)25-14-7-8-16(21)15(12-14)20-24-23-19-5-3-2-4-10-26(19)20/h6-9,11-12,25H,2-5,10H2,1H3. The van der Waals surface area contributed by atoms with Crippen molar-refractivity contribution in [1.82, 2.24) is 14.8 Å². The third-order valence-corrected chi connectivity index (χ3v) is 6.67. The van der Waals surface area contributed by atoms with Crippen LogP contribution < -0.4 is 4.72 Å². The highest BCUT2D eigenvalue weighted by Crippen LogP contribution is 2.32. The monoisotopic (exact) mass is 434 g/mol. The number of rotatable bonds is 4. The lowest BCUT2D eigenvalue weighted by atomic mass is 10.2. The Labute approximate surface area is 173 Å². The molecule has 0 amide bonds. The van der Waals surface area contributed by atoms with E-state index in [0.717, 1.165) is 44.1 Å². The summed E-state index contributed by atoms with van der Waals surface area (Å²) in [5, 5.41) is 9.00. The number of fused-ring (bicyclic) bond motifs is 1. The van der Waals surface area contributed by atoms with Crippen LogP contribution in [0.25, 0.3) is 11.4 Å². The molecule has 0 saturated heterocycles. The minimum Gasteiger partial charge on any atom is -0.311 e. The van der Waals surface area contributed by atoms with Crippen LogP contribution >= 0.6 is 11.6 Å². The topological polar surface area (TPSA) is 76.9 Å². The van der Waals surface area contributed by atoms with E-state index in [9.17, 15) is 12.8 Å². The number of aromatic nitrogens is 3.